The van der Waals surface area contributed by atoms with Crippen LogP contribution in [0.2, 0.25) is 0 Å². The average Bonchev–Trinajstić information content (AvgIpc) is 3.41. The molecule has 1 aliphatic carbocycles. The van der Waals surface area contributed by atoms with E-state index in [-0.39, 0.29) is 12.5 Å². The summed E-state index contributed by atoms with van der Waals surface area (Å²) in [5.41, 5.74) is -1.41. The molecule has 0 radical (unpaired) electrons. The molecule has 10 nitrogen and oxygen atoms in total. The van der Waals surface area contributed by atoms with Crippen molar-refractivity contribution in [1.29, 1.82) is 0 Å². The molecule has 1 N–H and O–H groups in total. The van der Waals surface area contributed by atoms with Crippen LogP contribution in [0, 0.1) is 5.92 Å². The van der Waals surface area contributed by atoms with Crippen molar-refractivity contribution in [3.8, 4) is 17.2 Å². The number of carboxylic acids is 1. The standard InChI is InChI=1S/C32H39N3O7/c1-30(2,3)41-28(38)35(29(39)42-31(4,5)6)18-10-11-22-19-32(22,27(36)37)26-20-34(21-33-26)23-14-16-25(17-15-23)40-24-12-8-7-9-13-24/h7-9,12-17,20-22H,10-11,18-19H2,1-6H3,(H,36,37)/t22-,32+/m0/s1. The number of imidazole rings is 1. The number of aliphatic carboxylic acids is 1. The highest BCUT2D eigenvalue weighted by Gasteiger charge is 2.62. The average molecular weight is 578 g/mol. The Hall–Kier alpha value is -4.34. The maximum Gasteiger partial charge on any atom is 0.419 e. The number of amides is 2. The van der Waals surface area contributed by atoms with E-state index in [2.05, 4.69) is 4.98 Å². The smallest absolute Gasteiger partial charge is 0.419 e. The number of nitrogens with zero attached hydrogens (tertiary/aromatic N) is 3. The molecule has 0 spiro atoms. The Labute approximate surface area is 246 Å². The van der Waals surface area contributed by atoms with Gasteiger partial charge in [0.1, 0.15) is 28.1 Å². The second kappa shape index (κ2) is 11.9. The fraction of sp³-hybridized carbons (Fsp3) is 0.438. The first kappa shape index (κ1) is 30.6. The molecule has 0 unspecified atom stereocenters. The molecule has 1 saturated carbocycles. The van der Waals surface area contributed by atoms with Crippen LogP contribution in [0.1, 0.15) is 66.5 Å². The van der Waals surface area contributed by atoms with Gasteiger partial charge in [0.25, 0.3) is 0 Å². The number of para-hydroxylation sites is 1. The predicted octanol–water partition coefficient (Wildman–Crippen LogP) is 6.96. The third-order valence-corrected chi connectivity index (χ3v) is 6.80. The summed E-state index contributed by atoms with van der Waals surface area (Å²) < 4.78 is 18.5. The zero-order valence-electron chi connectivity index (χ0n) is 25.0. The number of hydrogen-bond donors (Lipinski definition) is 1. The highest BCUT2D eigenvalue weighted by atomic mass is 16.6. The van der Waals surface area contributed by atoms with Crippen molar-refractivity contribution < 1.29 is 33.7 Å². The number of aromatic nitrogens is 2. The summed E-state index contributed by atoms with van der Waals surface area (Å²) in [4.78, 5) is 43.4. The van der Waals surface area contributed by atoms with Gasteiger partial charge in [-0.25, -0.2) is 19.5 Å². The molecule has 10 heteroatoms. The van der Waals surface area contributed by atoms with Gasteiger partial charge in [-0.1, -0.05) is 18.2 Å². The zero-order valence-corrected chi connectivity index (χ0v) is 25.0. The van der Waals surface area contributed by atoms with E-state index < -0.39 is 34.8 Å². The van der Waals surface area contributed by atoms with E-state index in [1.165, 1.54) is 0 Å². The Morgan fingerprint density at radius 2 is 1.50 bits per heavy atom. The van der Waals surface area contributed by atoms with Crippen LogP contribution in [0.4, 0.5) is 9.59 Å². The Morgan fingerprint density at radius 1 is 0.929 bits per heavy atom. The van der Waals surface area contributed by atoms with Crippen LogP contribution in [0.25, 0.3) is 5.69 Å². The van der Waals surface area contributed by atoms with Gasteiger partial charge in [0.05, 0.1) is 12.0 Å². The maximum absolute atomic E-state index is 12.8. The van der Waals surface area contributed by atoms with E-state index in [1.54, 1.807) is 58.6 Å². The lowest BCUT2D eigenvalue weighted by atomic mass is 9.97. The Balaban J connectivity index is 1.41. The van der Waals surface area contributed by atoms with Crippen LogP contribution in [-0.4, -0.2) is 55.5 Å². The second-order valence-corrected chi connectivity index (χ2v) is 12.5. The second-order valence-electron chi connectivity index (χ2n) is 12.5. The summed E-state index contributed by atoms with van der Waals surface area (Å²) in [6.07, 6.45) is 3.05. The molecule has 1 heterocycles. The topological polar surface area (TPSA) is 120 Å². The third kappa shape index (κ3) is 7.48. The van der Waals surface area contributed by atoms with Gasteiger partial charge in [-0.2, -0.15) is 0 Å². The molecular formula is C32H39N3O7. The Bertz CT molecular complexity index is 1380. The molecule has 0 saturated heterocycles. The summed E-state index contributed by atoms with van der Waals surface area (Å²) in [7, 11) is 0. The maximum atomic E-state index is 12.8. The first-order chi connectivity index (χ1) is 19.7. The van der Waals surface area contributed by atoms with Crippen molar-refractivity contribution in [2.24, 2.45) is 5.92 Å². The number of benzene rings is 2. The molecule has 2 atom stereocenters. The molecule has 1 fully saturated rings. The molecule has 0 aliphatic heterocycles. The molecule has 2 aromatic carbocycles. The van der Waals surface area contributed by atoms with Gasteiger partial charge in [-0.05, 0) is 103 Å². The number of carbonyl (C=O) groups is 3. The Kier molecular flexibility index (Phi) is 8.65. The summed E-state index contributed by atoms with van der Waals surface area (Å²) in [5.74, 6) is 0.277. The lowest BCUT2D eigenvalue weighted by Crippen LogP contribution is -2.44. The van der Waals surface area contributed by atoms with Crippen LogP contribution in [0.3, 0.4) is 0 Å². The quantitative estimate of drug-likeness (QED) is 0.290. The zero-order chi connectivity index (χ0) is 30.7. The minimum atomic E-state index is -1.12. The van der Waals surface area contributed by atoms with E-state index in [0.717, 1.165) is 16.3 Å². The highest BCUT2D eigenvalue weighted by Crippen LogP contribution is 2.56. The van der Waals surface area contributed by atoms with Gasteiger partial charge in [0.2, 0.25) is 0 Å². The first-order valence-electron chi connectivity index (χ1n) is 14.0. The fourth-order valence-corrected chi connectivity index (χ4v) is 4.76. The van der Waals surface area contributed by atoms with Crippen LogP contribution in [0.5, 0.6) is 11.5 Å². The number of hydrogen-bond acceptors (Lipinski definition) is 7. The van der Waals surface area contributed by atoms with Gasteiger partial charge in [-0.3, -0.25) is 4.79 Å². The van der Waals surface area contributed by atoms with Crippen molar-refractivity contribution >= 4 is 18.2 Å². The molecule has 2 amide bonds. The number of imide groups is 1. The van der Waals surface area contributed by atoms with Crippen LogP contribution < -0.4 is 4.74 Å². The van der Waals surface area contributed by atoms with Gasteiger partial charge in [0.15, 0.2) is 0 Å². The summed E-state index contributed by atoms with van der Waals surface area (Å²) in [6.45, 7) is 10.4. The van der Waals surface area contributed by atoms with Crippen LogP contribution >= 0.6 is 0 Å². The number of carbonyl (C=O) groups excluding carboxylic acids is 2. The lowest BCUT2D eigenvalue weighted by molar-refractivity contribution is -0.140. The van der Waals surface area contributed by atoms with Crippen molar-refractivity contribution in [2.75, 3.05) is 6.54 Å². The van der Waals surface area contributed by atoms with Crippen molar-refractivity contribution in [2.45, 2.75) is 77.4 Å². The first-order valence-corrected chi connectivity index (χ1v) is 14.0. The highest BCUT2D eigenvalue weighted by molar-refractivity contribution is 5.88. The predicted molar refractivity (Wildman–Crippen MR) is 156 cm³/mol. The van der Waals surface area contributed by atoms with Gasteiger partial charge >= 0.3 is 18.2 Å². The molecule has 1 aromatic heterocycles. The summed E-state index contributed by atoms with van der Waals surface area (Å²) in [5, 5.41) is 10.2. The van der Waals surface area contributed by atoms with E-state index in [0.29, 0.717) is 30.7 Å². The number of carboxylic acid groups (broad SMARTS) is 1. The van der Waals surface area contributed by atoms with Crippen LogP contribution in [-0.2, 0) is 19.7 Å². The van der Waals surface area contributed by atoms with Gasteiger partial charge in [-0.15, -0.1) is 0 Å². The van der Waals surface area contributed by atoms with E-state index in [4.69, 9.17) is 14.2 Å². The molecule has 42 heavy (non-hydrogen) atoms. The van der Waals surface area contributed by atoms with E-state index >= 15 is 0 Å². The van der Waals surface area contributed by atoms with Crippen LogP contribution in [0.15, 0.2) is 67.1 Å². The molecule has 3 aromatic rings. The minimum absolute atomic E-state index is 0.0435. The van der Waals surface area contributed by atoms with Gasteiger partial charge in [0, 0.05) is 18.4 Å². The molecule has 0 bridgehead atoms. The van der Waals surface area contributed by atoms with E-state index in [9.17, 15) is 19.5 Å². The minimum Gasteiger partial charge on any atom is -0.481 e. The summed E-state index contributed by atoms with van der Waals surface area (Å²) >= 11 is 0. The molecule has 4 rings (SSSR count). The number of ether oxygens (including phenoxy) is 3. The monoisotopic (exact) mass is 577 g/mol. The lowest BCUT2D eigenvalue weighted by Gasteiger charge is -2.28. The fourth-order valence-electron chi connectivity index (χ4n) is 4.76. The van der Waals surface area contributed by atoms with Crippen molar-refractivity contribution in [3.63, 3.8) is 0 Å². The normalized spacial score (nSPS) is 18.2. The third-order valence-electron chi connectivity index (χ3n) is 6.80. The van der Waals surface area contributed by atoms with E-state index in [1.807, 2.05) is 54.6 Å². The SMILES string of the molecule is CC(C)(C)OC(=O)N(CCC[C@H]1C[C@]1(C(=O)O)c1cn(-c2ccc(Oc3ccccc3)cc2)cn1)C(=O)OC(C)(C)C. The largest absolute Gasteiger partial charge is 0.481 e. The Morgan fingerprint density at radius 3 is 2.05 bits per heavy atom. The molecular weight excluding hydrogens is 538 g/mol. The van der Waals surface area contributed by atoms with Crippen molar-refractivity contribution in [3.05, 3.63) is 72.8 Å². The number of rotatable bonds is 9. The van der Waals surface area contributed by atoms with Gasteiger partial charge < -0.3 is 23.9 Å². The molecule has 224 valence electrons. The van der Waals surface area contributed by atoms with Crippen molar-refractivity contribution in [1.82, 2.24) is 14.5 Å². The molecule has 1 aliphatic rings. The summed E-state index contributed by atoms with van der Waals surface area (Å²) in [6, 6.07) is 16.9.